The fraction of sp³-hybridized carbons (Fsp3) is 0.562. The van der Waals surface area contributed by atoms with Gasteiger partial charge in [-0.05, 0) is 49.1 Å². The molecule has 0 saturated heterocycles. The van der Waals surface area contributed by atoms with Crippen LogP contribution >= 0.6 is 24.8 Å². The number of carboxylic acid groups (broad SMARTS) is 1. The minimum absolute atomic E-state index is 0. The van der Waals surface area contributed by atoms with E-state index in [4.69, 9.17) is 28.4 Å². The van der Waals surface area contributed by atoms with E-state index in [9.17, 15) is 14.7 Å². The van der Waals surface area contributed by atoms with Crippen molar-refractivity contribution in [3.05, 3.63) is 41.0 Å². The molecule has 2 aromatic carbocycles. The van der Waals surface area contributed by atoms with Crippen molar-refractivity contribution in [3.63, 3.8) is 0 Å². The van der Waals surface area contributed by atoms with Gasteiger partial charge in [0.2, 0.25) is 5.75 Å². The van der Waals surface area contributed by atoms with Gasteiger partial charge in [-0.25, -0.2) is 0 Å². The van der Waals surface area contributed by atoms with Gasteiger partial charge in [0.1, 0.15) is 6.04 Å². The first-order valence-electron chi connectivity index (χ1n) is 14.5. The molecule has 0 aliphatic carbocycles. The van der Waals surface area contributed by atoms with Crippen LogP contribution in [0.15, 0.2) is 24.3 Å². The van der Waals surface area contributed by atoms with E-state index in [2.05, 4.69) is 19.2 Å². The van der Waals surface area contributed by atoms with Crippen LogP contribution in [0.5, 0.6) is 28.7 Å². The van der Waals surface area contributed by atoms with Crippen LogP contribution in [0.4, 0.5) is 0 Å². The quantitative estimate of drug-likeness (QED) is 0.136. The van der Waals surface area contributed by atoms with Gasteiger partial charge >= 0.3 is 5.97 Å². The van der Waals surface area contributed by atoms with Crippen LogP contribution in [0.1, 0.15) is 67.7 Å². The molecule has 0 N–H and O–H groups in total. The largest absolute Gasteiger partial charge is 0.550 e. The Morgan fingerprint density at radius 1 is 0.773 bits per heavy atom. The number of nitrogens with zero attached hydrogens (tertiary/aromatic N) is 1. The maximum atomic E-state index is 12.3. The molecule has 1 heterocycles. The Bertz CT molecular complexity index is 1200. The summed E-state index contributed by atoms with van der Waals surface area (Å²) >= 11 is 0. The lowest BCUT2D eigenvalue weighted by Crippen LogP contribution is -2.52. The minimum atomic E-state index is -1.03. The first kappa shape index (κ1) is 38.9. The second kappa shape index (κ2) is 18.7. The maximum absolute atomic E-state index is 12.3. The lowest BCUT2D eigenvalue weighted by atomic mass is 9.85. The van der Waals surface area contributed by atoms with Gasteiger partial charge < -0.3 is 42.8 Å². The number of quaternary nitrogens is 1. The number of halogens is 2. The Labute approximate surface area is 273 Å². The number of hydrogen-bond donors (Lipinski definition) is 0. The molecule has 0 spiro atoms. The number of unbranched alkanes of at least 4 members (excludes halogenated alkanes) is 3. The number of ether oxygens (including phenoxy) is 6. The highest BCUT2D eigenvalue weighted by Gasteiger charge is 2.41. The van der Waals surface area contributed by atoms with Crippen LogP contribution in [0, 0.1) is 0 Å². The monoisotopic (exact) mass is 659 g/mol. The number of carbonyl (C=O) groups excluding carboxylic acids is 2. The van der Waals surface area contributed by atoms with E-state index in [1.807, 2.05) is 12.1 Å². The molecule has 0 amide bonds. The Morgan fingerprint density at radius 2 is 1.34 bits per heavy atom. The predicted molar refractivity (Wildman–Crippen MR) is 170 cm³/mol. The van der Waals surface area contributed by atoms with Crippen LogP contribution in [0.2, 0.25) is 0 Å². The first-order valence-corrected chi connectivity index (χ1v) is 14.5. The average Bonchev–Trinajstić information content (AvgIpc) is 2.99. The predicted octanol–water partition coefficient (Wildman–Crippen LogP) is 4.69. The second-order valence-corrected chi connectivity index (χ2v) is 10.8. The summed E-state index contributed by atoms with van der Waals surface area (Å²) < 4.78 is 34.5. The molecular formula is C32H47Cl2NO9. The number of methoxy groups -OCH3 is 5. The Kier molecular flexibility index (Phi) is 16.5. The van der Waals surface area contributed by atoms with Crippen molar-refractivity contribution in [3.8, 4) is 28.7 Å². The number of hydrogen-bond acceptors (Lipinski definition) is 9. The fourth-order valence-electron chi connectivity index (χ4n) is 5.86. The molecule has 1 aliphatic rings. The number of benzene rings is 2. The number of carbonyl (C=O) groups is 2. The molecule has 3 rings (SSSR count). The summed E-state index contributed by atoms with van der Waals surface area (Å²) in [5, 5.41) is 10.5. The molecular weight excluding hydrogens is 613 g/mol. The number of rotatable bonds is 17. The number of likely N-dealkylation sites (N-methyl/N-ethyl adjacent to an activating group) is 1. The lowest BCUT2D eigenvalue weighted by molar-refractivity contribution is -0.935. The summed E-state index contributed by atoms with van der Waals surface area (Å²) in [5.74, 6) is 1.80. The smallest absolute Gasteiger partial charge is 0.305 e. The summed E-state index contributed by atoms with van der Waals surface area (Å²) in [7, 11) is 10.3. The van der Waals surface area contributed by atoms with Gasteiger partial charge in [0.15, 0.2) is 23.0 Å². The summed E-state index contributed by atoms with van der Waals surface area (Å²) in [6.45, 7) is 1.97. The molecule has 10 nitrogen and oxygen atoms in total. The van der Waals surface area contributed by atoms with Crippen molar-refractivity contribution in [2.45, 2.75) is 57.4 Å². The van der Waals surface area contributed by atoms with Gasteiger partial charge in [0.25, 0.3) is 0 Å². The van der Waals surface area contributed by atoms with Crippen LogP contribution < -0.4 is 28.8 Å². The number of fused-ring (bicyclic) bond motifs is 1. The van der Waals surface area contributed by atoms with Crippen LogP contribution in [0.3, 0.4) is 0 Å². The van der Waals surface area contributed by atoms with Crippen LogP contribution in [-0.4, -0.2) is 78.7 Å². The van der Waals surface area contributed by atoms with Gasteiger partial charge in [-0.15, -0.1) is 24.8 Å². The van der Waals surface area contributed by atoms with Gasteiger partial charge in [-0.2, -0.15) is 0 Å². The zero-order valence-corrected chi connectivity index (χ0v) is 28.2. The van der Waals surface area contributed by atoms with E-state index >= 15 is 0 Å². The normalized spacial score (nSPS) is 16.8. The molecule has 0 saturated carbocycles. The molecule has 1 aliphatic heterocycles. The molecule has 2 atom stereocenters. The van der Waals surface area contributed by atoms with E-state index in [0.717, 1.165) is 43.5 Å². The highest BCUT2D eigenvalue weighted by atomic mass is 35.5. The number of esters is 1. The minimum Gasteiger partial charge on any atom is -0.550 e. The van der Waals surface area contributed by atoms with E-state index < -0.39 is 5.97 Å². The standard InChI is InChI=1S/C32H45NO9.2ClH/c1-33(15-11-17-42-30(36)13-10-8-7-9-12-29(34)35)16-14-22-18-25(37-2)26(38-3)21-24(22)31(33)23-19-27(39-4)32(41-6)28(20-23)40-5;;/h18-21,31H,7-17H2,1-6H3;2*1H/t31-,33-;;/m0../s1. The van der Waals surface area contributed by atoms with E-state index in [-0.39, 0.29) is 43.2 Å². The van der Waals surface area contributed by atoms with Crippen molar-refractivity contribution >= 4 is 36.8 Å². The van der Waals surface area contributed by atoms with Crippen LogP contribution in [0.25, 0.3) is 0 Å². The van der Waals surface area contributed by atoms with Gasteiger partial charge in [-0.1, -0.05) is 12.8 Å². The molecule has 0 radical (unpaired) electrons. The molecule has 0 aromatic heterocycles. The van der Waals surface area contributed by atoms with Crippen molar-refractivity contribution in [2.24, 2.45) is 0 Å². The van der Waals surface area contributed by atoms with E-state index in [0.29, 0.717) is 65.5 Å². The topological polar surface area (TPSA) is 113 Å². The molecule has 12 heteroatoms. The van der Waals surface area contributed by atoms with Gasteiger partial charge in [-0.3, -0.25) is 4.79 Å². The molecule has 0 bridgehead atoms. The van der Waals surface area contributed by atoms with Gasteiger partial charge in [0, 0.05) is 36.4 Å². The molecule has 44 heavy (non-hydrogen) atoms. The van der Waals surface area contributed by atoms with Crippen LogP contribution in [-0.2, 0) is 20.7 Å². The van der Waals surface area contributed by atoms with Crippen molar-refractivity contribution in [2.75, 3.05) is 62.3 Å². The molecule has 2 aromatic rings. The fourth-order valence-corrected chi connectivity index (χ4v) is 5.86. The highest BCUT2D eigenvalue weighted by molar-refractivity contribution is 5.85. The first-order chi connectivity index (χ1) is 20.2. The van der Waals surface area contributed by atoms with E-state index in [1.165, 1.54) is 5.56 Å². The third-order valence-electron chi connectivity index (χ3n) is 8.05. The van der Waals surface area contributed by atoms with E-state index in [1.54, 1.807) is 35.5 Å². The number of aliphatic carboxylic acids is 1. The maximum Gasteiger partial charge on any atom is 0.305 e. The Balaban J connectivity index is 0.00000484. The molecule has 0 fully saturated rings. The summed E-state index contributed by atoms with van der Waals surface area (Å²) in [4.78, 5) is 22.8. The third-order valence-corrected chi connectivity index (χ3v) is 8.05. The number of carboxylic acids is 1. The van der Waals surface area contributed by atoms with Crippen molar-refractivity contribution < 1.29 is 47.6 Å². The Morgan fingerprint density at radius 3 is 1.89 bits per heavy atom. The Hall–Kier alpha value is -3.08. The molecule has 0 unspecified atom stereocenters. The molecule has 248 valence electrons. The second-order valence-electron chi connectivity index (χ2n) is 10.8. The summed E-state index contributed by atoms with van der Waals surface area (Å²) in [5.41, 5.74) is 3.33. The SMILES string of the molecule is COc1cc2c(cc1OC)[C@H](c1cc(OC)c(OC)c(OC)c1)[N@@+](C)(CCCOC(=O)CCCCCCC(=O)[O-])CC2.Cl.Cl. The third kappa shape index (κ3) is 9.71. The lowest BCUT2D eigenvalue weighted by Gasteiger charge is -2.46. The zero-order valence-electron chi connectivity index (χ0n) is 26.6. The highest BCUT2D eigenvalue weighted by Crippen LogP contribution is 2.48. The van der Waals surface area contributed by atoms with Gasteiger partial charge in [0.05, 0.1) is 62.3 Å². The van der Waals surface area contributed by atoms with Crippen molar-refractivity contribution in [1.29, 1.82) is 0 Å². The average molecular weight is 661 g/mol. The summed E-state index contributed by atoms with van der Waals surface area (Å²) in [6.07, 6.45) is 4.75. The zero-order chi connectivity index (χ0) is 30.7. The van der Waals surface area contributed by atoms with Crippen molar-refractivity contribution in [1.82, 2.24) is 0 Å². The summed E-state index contributed by atoms with van der Waals surface area (Å²) in [6, 6.07) is 8.04.